The van der Waals surface area contributed by atoms with E-state index in [1.807, 2.05) is 6.92 Å². The van der Waals surface area contributed by atoms with Gasteiger partial charge in [0.1, 0.15) is 5.76 Å². The van der Waals surface area contributed by atoms with Crippen molar-refractivity contribution in [3.8, 4) is 0 Å². The summed E-state index contributed by atoms with van der Waals surface area (Å²) in [6.45, 7) is 8.69. The van der Waals surface area contributed by atoms with Crippen molar-refractivity contribution in [1.82, 2.24) is 5.16 Å². The summed E-state index contributed by atoms with van der Waals surface area (Å²) < 4.78 is 5.19. The van der Waals surface area contributed by atoms with E-state index in [-0.39, 0.29) is 0 Å². The Morgan fingerprint density at radius 2 is 1.76 bits per heavy atom. The molecule has 0 bridgehead atoms. The van der Waals surface area contributed by atoms with Crippen LogP contribution in [0, 0.1) is 33.6 Å². The van der Waals surface area contributed by atoms with Crippen LogP contribution in [0.15, 0.2) is 22.7 Å². The summed E-state index contributed by atoms with van der Waals surface area (Å²) in [6.07, 6.45) is 4.98. The van der Waals surface area contributed by atoms with Gasteiger partial charge in [0.25, 0.3) is 0 Å². The highest BCUT2D eigenvalue weighted by molar-refractivity contribution is 5.40. The zero-order valence-electron chi connectivity index (χ0n) is 13.6. The number of nitrogens with zero attached hydrogens (tertiary/aromatic N) is 1. The lowest BCUT2D eigenvalue weighted by atomic mass is 9.87. The van der Waals surface area contributed by atoms with Crippen molar-refractivity contribution in [2.24, 2.45) is 5.92 Å². The Balaban J connectivity index is 1.72. The van der Waals surface area contributed by atoms with E-state index in [1.165, 1.54) is 36.0 Å². The van der Waals surface area contributed by atoms with Gasteiger partial charge in [-0.2, -0.15) is 0 Å². The lowest BCUT2D eigenvalue weighted by Crippen LogP contribution is -2.03. The summed E-state index contributed by atoms with van der Waals surface area (Å²) in [5, 5.41) is 4.15. The van der Waals surface area contributed by atoms with Crippen LogP contribution in [-0.4, -0.2) is 5.16 Å². The topological polar surface area (TPSA) is 26.0 Å². The third kappa shape index (κ3) is 3.04. The number of aryl methyl sites for hydroxylation is 4. The molecule has 2 atom stereocenters. The molecule has 0 radical (unpaired) electrons. The molecule has 0 aliphatic heterocycles. The van der Waals surface area contributed by atoms with Crippen LogP contribution in [0.25, 0.3) is 0 Å². The summed E-state index contributed by atoms with van der Waals surface area (Å²) in [7, 11) is 0. The van der Waals surface area contributed by atoms with E-state index >= 15 is 0 Å². The Kier molecular flexibility index (Phi) is 3.88. The maximum absolute atomic E-state index is 5.19. The first-order valence-corrected chi connectivity index (χ1v) is 8.03. The summed E-state index contributed by atoms with van der Waals surface area (Å²) in [5.41, 5.74) is 7.03. The maximum atomic E-state index is 5.19. The Hall–Kier alpha value is -1.57. The van der Waals surface area contributed by atoms with E-state index in [0.29, 0.717) is 0 Å². The second-order valence-electron chi connectivity index (χ2n) is 6.82. The molecule has 0 saturated heterocycles. The predicted octanol–water partition coefficient (Wildman–Crippen LogP) is 5.03. The molecular weight excluding hydrogens is 258 g/mol. The minimum Gasteiger partial charge on any atom is -0.361 e. The molecule has 1 saturated carbocycles. The number of hydrogen-bond donors (Lipinski definition) is 0. The molecule has 1 aliphatic carbocycles. The summed E-state index contributed by atoms with van der Waals surface area (Å²) in [6, 6.07) is 6.74. The molecule has 2 nitrogen and oxygen atoms in total. The predicted molar refractivity (Wildman–Crippen MR) is 85.7 cm³/mol. The standard InChI is InChI=1S/C19H25NO/c1-12-7-13(2)19(14(3)8-12)17-6-5-16(10-17)11-18-9-15(4)21-20-18/h7-9,16-17H,5-6,10-11H2,1-4H3. The van der Waals surface area contributed by atoms with Crippen LogP contribution in [0.2, 0.25) is 0 Å². The Bertz CT molecular complexity index is 618. The van der Waals surface area contributed by atoms with Gasteiger partial charge in [-0.1, -0.05) is 22.9 Å². The summed E-state index contributed by atoms with van der Waals surface area (Å²) in [4.78, 5) is 0. The van der Waals surface area contributed by atoms with Crippen molar-refractivity contribution in [2.75, 3.05) is 0 Å². The minimum atomic E-state index is 0.726. The van der Waals surface area contributed by atoms with Gasteiger partial charge < -0.3 is 4.52 Å². The molecule has 1 aromatic heterocycles. The molecule has 1 aliphatic rings. The number of benzene rings is 1. The van der Waals surface area contributed by atoms with Crippen molar-refractivity contribution in [1.29, 1.82) is 0 Å². The van der Waals surface area contributed by atoms with Gasteiger partial charge >= 0.3 is 0 Å². The summed E-state index contributed by atoms with van der Waals surface area (Å²) >= 11 is 0. The highest BCUT2D eigenvalue weighted by Crippen LogP contribution is 2.42. The van der Waals surface area contributed by atoms with Crippen LogP contribution < -0.4 is 0 Å². The Morgan fingerprint density at radius 1 is 1.05 bits per heavy atom. The van der Waals surface area contributed by atoms with E-state index in [4.69, 9.17) is 4.52 Å². The van der Waals surface area contributed by atoms with Gasteiger partial charge in [0.05, 0.1) is 5.69 Å². The lowest BCUT2D eigenvalue weighted by Gasteiger charge is -2.18. The van der Waals surface area contributed by atoms with Gasteiger partial charge in [-0.15, -0.1) is 0 Å². The number of aromatic nitrogens is 1. The number of rotatable bonds is 3. The first-order chi connectivity index (χ1) is 10.0. The molecule has 2 heteroatoms. The molecule has 21 heavy (non-hydrogen) atoms. The highest BCUT2D eigenvalue weighted by atomic mass is 16.5. The normalized spacial score (nSPS) is 21.9. The molecule has 2 unspecified atom stereocenters. The molecule has 1 heterocycles. The van der Waals surface area contributed by atoms with Crippen LogP contribution >= 0.6 is 0 Å². The third-order valence-corrected chi connectivity index (χ3v) is 4.86. The second-order valence-corrected chi connectivity index (χ2v) is 6.82. The SMILES string of the molecule is Cc1cc(C)c(C2CCC(Cc3cc(C)on3)C2)c(C)c1. The van der Waals surface area contributed by atoms with Gasteiger partial charge in [-0.05, 0) is 81.9 Å². The van der Waals surface area contributed by atoms with Crippen LogP contribution in [-0.2, 0) is 6.42 Å². The molecule has 2 aromatic rings. The minimum absolute atomic E-state index is 0.726. The molecule has 0 amide bonds. The molecule has 3 rings (SSSR count). The van der Waals surface area contributed by atoms with E-state index in [0.717, 1.165) is 29.7 Å². The largest absolute Gasteiger partial charge is 0.361 e. The number of hydrogen-bond acceptors (Lipinski definition) is 2. The molecular formula is C19H25NO. The monoisotopic (exact) mass is 283 g/mol. The second kappa shape index (κ2) is 5.67. The Morgan fingerprint density at radius 3 is 2.38 bits per heavy atom. The van der Waals surface area contributed by atoms with Gasteiger partial charge in [0, 0.05) is 6.07 Å². The first kappa shape index (κ1) is 14.4. The fourth-order valence-corrected chi connectivity index (χ4v) is 4.17. The van der Waals surface area contributed by atoms with Crippen molar-refractivity contribution in [3.63, 3.8) is 0 Å². The van der Waals surface area contributed by atoms with Gasteiger partial charge in [0.15, 0.2) is 0 Å². The molecule has 1 fully saturated rings. The summed E-state index contributed by atoms with van der Waals surface area (Å²) in [5.74, 6) is 2.40. The zero-order chi connectivity index (χ0) is 15.0. The molecule has 1 aromatic carbocycles. The van der Waals surface area contributed by atoms with Crippen molar-refractivity contribution < 1.29 is 4.52 Å². The molecule has 0 N–H and O–H groups in total. The van der Waals surface area contributed by atoms with Gasteiger partial charge in [-0.25, -0.2) is 0 Å². The van der Waals surface area contributed by atoms with E-state index < -0.39 is 0 Å². The van der Waals surface area contributed by atoms with E-state index in [9.17, 15) is 0 Å². The fourth-order valence-electron chi connectivity index (χ4n) is 4.17. The van der Waals surface area contributed by atoms with Crippen molar-refractivity contribution in [2.45, 2.75) is 59.3 Å². The van der Waals surface area contributed by atoms with Crippen LogP contribution in [0.4, 0.5) is 0 Å². The highest BCUT2D eigenvalue weighted by Gasteiger charge is 2.28. The third-order valence-electron chi connectivity index (χ3n) is 4.86. The van der Waals surface area contributed by atoms with Crippen LogP contribution in [0.5, 0.6) is 0 Å². The molecule has 0 spiro atoms. The van der Waals surface area contributed by atoms with Crippen LogP contribution in [0.3, 0.4) is 0 Å². The van der Waals surface area contributed by atoms with E-state index in [1.54, 1.807) is 5.56 Å². The van der Waals surface area contributed by atoms with E-state index in [2.05, 4.69) is 44.1 Å². The van der Waals surface area contributed by atoms with Crippen molar-refractivity contribution in [3.05, 3.63) is 51.9 Å². The average molecular weight is 283 g/mol. The fraction of sp³-hybridized carbons (Fsp3) is 0.526. The first-order valence-electron chi connectivity index (χ1n) is 8.03. The van der Waals surface area contributed by atoms with Gasteiger partial charge in [0.2, 0.25) is 0 Å². The van der Waals surface area contributed by atoms with Crippen LogP contribution in [0.1, 0.15) is 58.9 Å². The lowest BCUT2D eigenvalue weighted by molar-refractivity contribution is 0.384. The molecule has 112 valence electrons. The van der Waals surface area contributed by atoms with Gasteiger partial charge in [-0.3, -0.25) is 0 Å². The van der Waals surface area contributed by atoms with Crippen molar-refractivity contribution >= 4 is 0 Å². The quantitative estimate of drug-likeness (QED) is 0.789. The zero-order valence-corrected chi connectivity index (χ0v) is 13.6. The smallest absolute Gasteiger partial charge is 0.133 e. The maximum Gasteiger partial charge on any atom is 0.133 e. The average Bonchev–Trinajstić information content (AvgIpc) is 2.98. The Labute approximate surface area is 127 Å².